The fourth-order valence-corrected chi connectivity index (χ4v) is 3.29. The molecule has 0 spiro atoms. The van der Waals surface area contributed by atoms with Crippen LogP contribution in [-0.4, -0.2) is 60.7 Å². The molecule has 13 heteroatoms. The highest BCUT2D eigenvalue weighted by molar-refractivity contribution is 7.47. The van der Waals surface area contributed by atoms with E-state index in [9.17, 15) is 24.5 Å². The monoisotopic (exact) mass is 426 g/mol. The number of aliphatic hydroxyl groups excluding tert-OH is 2. The van der Waals surface area contributed by atoms with Gasteiger partial charge in [0.2, 0.25) is 5.82 Å². The molecule has 12 nitrogen and oxygen atoms in total. The number of hydrogen-bond acceptors (Lipinski definition) is 9. The fourth-order valence-electron chi connectivity index (χ4n) is 2.57. The minimum atomic E-state index is -4.47. The highest BCUT2D eigenvalue weighted by atomic mass is 31.2. The quantitative estimate of drug-likeness (QED) is 0.398. The number of carbonyl (C=O) groups excluding carboxylic acids is 1. The van der Waals surface area contributed by atoms with Crippen molar-refractivity contribution in [3.05, 3.63) is 54.5 Å². The number of benzene rings is 1. The predicted octanol–water partition coefficient (Wildman–Crippen LogP) is -0.611. The number of amides is 1. The molecule has 1 aromatic heterocycles. The number of primary amides is 1. The van der Waals surface area contributed by atoms with Gasteiger partial charge in [0.25, 0.3) is 5.91 Å². The average Bonchev–Trinajstić information content (AvgIpc) is 3.26. The van der Waals surface area contributed by atoms with Crippen molar-refractivity contribution in [2.45, 2.75) is 31.1 Å². The normalized spacial score (nSPS) is 26.3. The van der Waals surface area contributed by atoms with Gasteiger partial charge in [-0.3, -0.25) is 13.8 Å². The van der Waals surface area contributed by atoms with E-state index >= 15 is 0 Å². The van der Waals surface area contributed by atoms with Crippen LogP contribution < -0.4 is 5.73 Å². The van der Waals surface area contributed by atoms with Crippen LogP contribution in [-0.2, 0) is 25.0 Å². The van der Waals surface area contributed by atoms with Crippen molar-refractivity contribution >= 4 is 13.7 Å². The third-order valence-electron chi connectivity index (χ3n) is 4.10. The van der Waals surface area contributed by atoms with Crippen LogP contribution in [0.5, 0.6) is 0 Å². The molecular formula is C16H19N4O8P. The van der Waals surface area contributed by atoms with Gasteiger partial charge in [0.15, 0.2) is 6.23 Å². The van der Waals surface area contributed by atoms with E-state index in [2.05, 4.69) is 10.1 Å². The second kappa shape index (κ2) is 8.67. The number of aromatic nitrogens is 3. The summed E-state index contributed by atoms with van der Waals surface area (Å²) >= 11 is 0. The van der Waals surface area contributed by atoms with E-state index in [1.807, 2.05) is 0 Å². The van der Waals surface area contributed by atoms with Crippen LogP contribution in [0.2, 0.25) is 0 Å². The first kappa shape index (κ1) is 21.5. The maximum atomic E-state index is 12.0. The number of carbonyl (C=O) groups is 1. The lowest BCUT2D eigenvalue weighted by molar-refractivity contribution is -0.0591. The Hall–Kier alpha value is -2.18. The fraction of sp³-hybridized carbons (Fsp3) is 0.375. The maximum Gasteiger partial charge on any atom is 0.472 e. The Bertz CT molecular complexity index is 905. The minimum Gasteiger partial charge on any atom is -0.387 e. The van der Waals surface area contributed by atoms with E-state index in [0.717, 1.165) is 11.0 Å². The molecule has 1 aromatic carbocycles. The van der Waals surface area contributed by atoms with Gasteiger partial charge in [-0.05, 0) is 18.1 Å². The molecule has 0 aliphatic carbocycles. The van der Waals surface area contributed by atoms with E-state index in [4.69, 9.17) is 26.4 Å². The lowest BCUT2D eigenvalue weighted by Gasteiger charge is -2.17. The molecule has 1 saturated heterocycles. The van der Waals surface area contributed by atoms with Gasteiger partial charge in [0, 0.05) is 0 Å². The highest BCUT2D eigenvalue weighted by Gasteiger charge is 2.45. The lowest BCUT2D eigenvalue weighted by Crippen LogP contribution is -2.33. The summed E-state index contributed by atoms with van der Waals surface area (Å²) < 4.78 is 28.2. The summed E-state index contributed by atoms with van der Waals surface area (Å²) in [5, 5.41) is 24.0. The molecule has 0 saturated carbocycles. The largest absolute Gasteiger partial charge is 0.472 e. The van der Waals surface area contributed by atoms with E-state index in [-0.39, 0.29) is 12.4 Å². The SMILES string of the molecule is [CH]c1ccc(COP(=O)(O)OC[C@H]2O[C@@H](n3cnc(C(N)=O)n3)C(O)[C@H]2O)cc1. The first-order chi connectivity index (χ1) is 13.7. The number of ether oxygens (including phenoxy) is 1. The topological polar surface area (TPSA) is 179 Å². The molecule has 5 atom stereocenters. The number of hydrogen-bond donors (Lipinski definition) is 4. The molecule has 1 fully saturated rings. The zero-order valence-electron chi connectivity index (χ0n) is 14.9. The van der Waals surface area contributed by atoms with Gasteiger partial charge in [-0.2, -0.15) is 0 Å². The molecule has 1 aliphatic rings. The summed E-state index contributed by atoms with van der Waals surface area (Å²) in [4.78, 5) is 24.5. The second-order valence-corrected chi connectivity index (χ2v) is 7.69. The Morgan fingerprint density at radius 3 is 2.59 bits per heavy atom. The molecule has 5 N–H and O–H groups in total. The summed E-state index contributed by atoms with van der Waals surface area (Å²) in [7, 11) is -4.47. The standard InChI is InChI=1S/C16H19N4O8P/c1-9-2-4-10(5-3-9)6-26-29(24,25)27-7-11-12(21)13(22)16(28-11)20-8-18-15(19-20)14(17)23/h1-5,8,11-13,16,21-22H,6-7H2,(H2,17,23)(H,24,25)/t11-,12+,13?,16-/m1/s1. The summed E-state index contributed by atoms with van der Waals surface area (Å²) in [6.07, 6.45) is -4.20. The Balaban J connectivity index is 1.55. The van der Waals surface area contributed by atoms with Crippen molar-refractivity contribution in [2.24, 2.45) is 5.73 Å². The van der Waals surface area contributed by atoms with Crippen molar-refractivity contribution in [1.29, 1.82) is 0 Å². The van der Waals surface area contributed by atoms with Crippen LogP contribution >= 0.6 is 7.82 Å². The van der Waals surface area contributed by atoms with Crippen molar-refractivity contribution < 1.29 is 38.3 Å². The molecule has 2 aromatic rings. The summed E-state index contributed by atoms with van der Waals surface area (Å²) in [6, 6.07) is 6.47. The minimum absolute atomic E-state index is 0.206. The van der Waals surface area contributed by atoms with Crippen LogP contribution in [0.3, 0.4) is 0 Å². The molecule has 2 unspecified atom stereocenters. The van der Waals surface area contributed by atoms with E-state index < -0.39 is 44.9 Å². The number of phosphoric ester groups is 1. The number of phosphoric acid groups is 1. The third-order valence-corrected chi connectivity index (χ3v) is 5.03. The van der Waals surface area contributed by atoms with Crippen LogP contribution in [0.4, 0.5) is 0 Å². The van der Waals surface area contributed by atoms with E-state index in [0.29, 0.717) is 11.1 Å². The molecule has 2 heterocycles. The summed E-state index contributed by atoms with van der Waals surface area (Å²) in [5.74, 6) is -1.18. The summed E-state index contributed by atoms with van der Waals surface area (Å²) in [5.41, 5.74) is 6.19. The van der Waals surface area contributed by atoms with Crippen LogP contribution in [0, 0.1) is 6.92 Å². The van der Waals surface area contributed by atoms with Crippen molar-refractivity contribution in [3.8, 4) is 0 Å². The van der Waals surface area contributed by atoms with Crippen molar-refractivity contribution in [2.75, 3.05) is 6.61 Å². The predicted molar refractivity (Wildman–Crippen MR) is 94.9 cm³/mol. The molecular weight excluding hydrogens is 407 g/mol. The van der Waals surface area contributed by atoms with Gasteiger partial charge in [0.05, 0.1) is 13.2 Å². The number of rotatable bonds is 8. The second-order valence-electron chi connectivity index (χ2n) is 6.24. The zero-order valence-corrected chi connectivity index (χ0v) is 15.8. The van der Waals surface area contributed by atoms with Crippen LogP contribution in [0.1, 0.15) is 28.0 Å². The van der Waals surface area contributed by atoms with Crippen LogP contribution in [0.15, 0.2) is 30.6 Å². The van der Waals surface area contributed by atoms with Crippen molar-refractivity contribution in [1.82, 2.24) is 14.8 Å². The Morgan fingerprint density at radius 1 is 1.28 bits per heavy atom. The smallest absolute Gasteiger partial charge is 0.387 e. The van der Waals surface area contributed by atoms with Gasteiger partial charge < -0.3 is 25.6 Å². The highest BCUT2D eigenvalue weighted by Crippen LogP contribution is 2.45. The van der Waals surface area contributed by atoms with Gasteiger partial charge in [0.1, 0.15) is 24.6 Å². The molecule has 156 valence electrons. The van der Waals surface area contributed by atoms with Gasteiger partial charge >= 0.3 is 7.82 Å². The van der Waals surface area contributed by atoms with Crippen LogP contribution in [0.25, 0.3) is 0 Å². The van der Waals surface area contributed by atoms with Gasteiger partial charge in [-0.15, -0.1) is 5.10 Å². The van der Waals surface area contributed by atoms with E-state index in [1.54, 1.807) is 24.3 Å². The Morgan fingerprint density at radius 2 is 1.97 bits per heavy atom. The first-order valence-electron chi connectivity index (χ1n) is 8.35. The Labute approximate surface area is 165 Å². The average molecular weight is 426 g/mol. The van der Waals surface area contributed by atoms with Gasteiger partial charge in [-0.1, -0.05) is 24.3 Å². The molecule has 1 aliphatic heterocycles. The number of nitrogens with two attached hydrogens (primary N) is 1. The zero-order chi connectivity index (χ0) is 21.2. The first-order valence-corrected chi connectivity index (χ1v) is 9.84. The molecule has 0 bridgehead atoms. The Kier molecular flexibility index (Phi) is 6.44. The molecule has 1 amide bonds. The summed E-state index contributed by atoms with van der Waals surface area (Å²) in [6.45, 7) is 4.80. The maximum absolute atomic E-state index is 12.0. The van der Waals surface area contributed by atoms with Crippen molar-refractivity contribution in [3.63, 3.8) is 0 Å². The third kappa shape index (κ3) is 5.25. The van der Waals surface area contributed by atoms with Gasteiger partial charge in [-0.25, -0.2) is 14.2 Å². The number of aliphatic hydroxyl groups is 2. The number of nitrogens with zero attached hydrogens (tertiary/aromatic N) is 3. The molecule has 29 heavy (non-hydrogen) atoms. The molecule has 2 radical (unpaired) electrons. The lowest BCUT2D eigenvalue weighted by atomic mass is 10.1. The van der Waals surface area contributed by atoms with E-state index in [1.165, 1.54) is 0 Å². The molecule has 3 rings (SSSR count).